The van der Waals surface area contributed by atoms with Crippen LogP contribution < -0.4 is 0 Å². The summed E-state index contributed by atoms with van der Waals surface area (Å²) in [5.41, 5.74) is 1.44. The lowest BCUT2D eigenvalue weighted by molar-refractivity contribution is -0.141. The standard InChI is InChI=1S/C13H10O3/c14-12-9-6-2-4-7-3-1-5-8(10(7)9)11(12)13(15)16/h1-6,11-12,14H,(H,15,16)/t11-,12+/m1/s1. The van der Waals surface area contributed by atoms with E-state index in [0.29, 0.717) is 5.56 Å². The van der Waals surface area contributed by atoms with Gasteiger partial charge in [-0.3, -0.25) is 4.79 Å². The van der Waals surface area contributed by atoms with Crippen LogP contribution in [0, 0.1) is 0 Å². The zero-order valence-corrected chi connectivity index (χ0v) is 8.42. The highest BCUT2D eigenvalue weighted by atomic mass is 16.4. The topological polar surface area (TPSA) is 57.5 Å². The third-order valence-corrected chi connectivity index (χ3v) is 3.20. The normalized spacial score (nSPS) is 22.6. The molecule has 0 amide bonds. The second-order valence-electron chi connectivity index (χ2n) is 4.05. The summed E-state index contributed by atoms with van der Waals surface area (Å²) < 4.78 is 0. The highest BCUT2D eigenvalue weighted by molar-refractivity contribution is 5.97. The van der Waals surface area contributed by atoms with Crippen LogP contribution in [0.2, 0.25) is 0 Å². The maximum Gasteiger partial charge on any atom is 0.314 e. The predicted molar refractivity (Wildman–Crippen MR) is 59.3 cm³/mol. The van der Waals surface area contributed by atoms with Gasteiger partial charge in [-0.05, 0) is 21.9 Å². The molecule has 0 radical (unpaired) electrons. The SMILES string of the molecule is O=C(O)[C@@H]1c2cccc3cccc(c23)[C@@H]1O. The molecule has 0 aromatic heterocycles. The van der Waals surface area contributed by atoms with Gasteiger partial charge in [-0.25, -0.2) is 0 Å². The van der Waals surface area contributed by atoms with Crippen molar-refractivity contribution in [1.29, 1.82) is 0 Å². The largest absolute Gasteiger partial charge is 0.481 e. The lowest BCUT2D eigenvalue weighted by Crippen LogP contribution is -2.15. The second-order valence-corrected chi connectivity index (χ2v) is 4.05. The van der Waals surface area contributed by atoms with Crippen LogP contribution in [-0.2, 0) is 4.79 Å². The van der Waals surface area contributed by atoms with E-state index in [2.05, 4.69) is 0 Å². The average Bonchev–Trinajstić information content (AvgIpc) is 2.55. The summed E-state index contributed by atoms with van der Waals surface area (Å²) >= 11 is 0. The Hall–Kier alpha value is -1.87. The van der Waals surface area contributed by atoms with Gasteiger partial charge in [-0.1, -0.05) is 36.4 Å². The van der Waals surface area contributed by atoms with Gasteiger partial charge in [-0.15, -0.1) is 0 Å². The van der Waals surface area contributed by atoms with Crippen LogP contribution in [0.25, 0.3) is 10.8 Å². The molecule has 0 bridgehead atoms. The van der Waals surface area contributed by atoms with Crippen LogP contribution in [-0.4, -0.2) is 16.2 Å². The maximum absolute atomic E-state index is 11.2. The maximum atomic E-state index is 11.2. The molecule has 2 N–H and O–H groups in total. The summed E-state index contributed by atoms with van der Waals surface area (Å²) in [6.45, 7) is 0. The van der Waals surface area contributed by atoms with Crippen LogP contribution in [0.4, 0.5) is 0 Å². The first kappa shape index (κ1) is 9.36. The number of rotatable bonds is 1. The number of aliphatic hydroxyl groups is 1. The van der Waals surface area contributed by atoms with Crippen LogP contribution in [0.3, 0.4) is 0 Å². The van der Waals surface area contributed by atoms with Crippen molar-refractivity contribution in [2.45, 2.75) is 12.0 Å². The van der Waals surface area contributed by atoms with Gasteiger partial charge in [0.1, 0.15) is 5.92 Å². The summed E-state index contributed by atoms with van der Waals surface area (Å²) in [5.74, 6) is -1.81. The van der Waals surface area contributed by atoms with Crippen molar-refractivity contribution in [1.82, 2.24) is 0 Å². The Labute approximate surface area is 92.0 Å². The first-order valence-corrected chi connectivity index (χ1v) is 5.12. The molecule has 1 aliphatic rings. The smallest absolute Gasteiger partial charge is 0.314 e. The first-order chi connectivity index (χ1) is 7.70. The van der Waals surface area contributed by atoms with E-state index in [1.807, 2.05) is 24.3 Å². The summed E-state index contributed by atoms with van der Waals surface area (Å²) in [6, 6.07) is 11.1. The summed E-state index contributed by atoms with van der Waals surface area (Å²) in [4.78, 5) is 11.2. The molecule has 1 aliphatic carbocycles. The summed E-state index contributed by atoms with van der Waals surface area (Å²) in [5, 5.41) is 21.0. The lowest BCUT2D eigenvalue weighted by Gasteiger charge is -2.10. The molecule has 0 fully saturated rings. The van der Waals surface area contributed by atoms with Gasteiger partial charge < -0.3 is 10.2 Å². The highest BCUT2D eigenvalue weighted by Gasteiger charge is 2.37. The van der Waals surface area contributed by atoms with Crippen molar-refractivity contribution in [3.8, 4) is 0 Å². The van der Waals surface area contributed by atoms with E-state index in [4.69, 9.17) is 5.11 Å². The average molecular weight is 214 g/mol. The molecule has 2 atom stereocenters. The van der Waals surface area contributed by atoms with Gasteiger partial charge >= 0.3 is 5.97 Å². The van der Waals surface area contributed by atoms with Gasteiger partial charge in [-0.2, -0.15) is 0 Å². The Morgan fingerprint density at radius 2 is 1.69 bits per heavy atom. The van der Waals surface area contributed by atoms with Gasteiger partial charge in [0.25, 0.3) is 0 Å². The van der Waals surface area contributed by atoms with E-state index in [-0.39, 0.29) is 0 Å². The number of carbonyl (C=O) groups is 1. The number of carboxylic acid groups (broad SMARTS) is 1. The predicted octanol–water partition coefficient (Wildman–Crippen LogP) is 2.06. The van der Waals surface area contributed by atoms with Crippen molar-refractivity contribution >= 4 is 16.7 Å². The Balaban J connectivity index is 2.39. The molecule has 2 aromatic carbocycles. The number of hydrogen-bond donors (Lipinski definition) is 2. The molecule has 16 heavy (non-hydrogen) atoms. The minimum absolute atomic E-state index is 0.716. The molecule has 3 nitrogen and oxygen atoms in total. The van der Waals surface area contributed by atoms with E-state index in [1.54, 1.807) is 12.1 Å². The van der Waals surface area contributed by atoms with Crippen molar-refractivity contribution in [2.24, 2.45) is 0 Å². The van der Waals surface area contributed by atoms with Crippen molar-refractivity contribution in [3.05, 3.63) is 47.5 Å². The molecule has 0 saturated carbocycles. The van der Waals surface area contributed by atoms with Crippen LogP contribution in [0.5, 0.6) is 0 Å². The van der Waals surface area contributed by atoms with E-state index in [9.17, 15) is 9.90 Å². The Bertz CT molecular complexity index is 583. The van der Waals surface area contributed by atoms with E-state index < -0.39 is 18.0 Å². The van der Waals surface area contributed by atoms with E-state index in [0.717, 1.165) is 16.3 Å². The van der Waals surface area contributed by atoms with Gasteiger partial charge in [0.2, 0.25) is 0 Å². The highest BCUT2D eigenvalue weighted by Crippen LogP contribution is 2.45. The molecule has 0 saturated heterocycles. The summed E-state index contributed by atoms with van der Waals surface area (Å²) in [7, 11) is 0. The number of aliphatic carboxylic acids is 1. The van der Waals surface area contributed by atoms with Gasteiger partial charge in [0.05, 0.1) is 6.10 Å². The molecule has 2 aromatic rings. The summed E-state index contributed by atoms with van der Waals surface area (Å²) in [6.07, 6.45) is -0.932. The number of hydrogen-bond acceptors (Lipinski definition) is 2. The molecular formula is C13H10O3. The monoisotopic (exact) mass is 214 g/mol. The van der Waals surface area contributed by atoms with Gasteiger partial charge in [0.15, 0.2) is 0 Å². The second kappa shape index (κ2) is 3.06. The van der Waals surface area contributed by atoms with Crippen molar-refractivity contribution in [3.63, 3.8) is 0 Å². The van der Waals surface area contributed by atoms with Crippen LogP contribution >= 0.6 is 0 Å². The molecule has 3 heteroatoms. The minimum Gasteiger partial charge on any atom is -0.481 e. The zero-order chi connectivity index (χ0) is 11.3. The fourth-order valence-corrected chi connectivity index (χ4v) is 2.52. The number of benzene rings is 2. The molecule has 3 rings (SSSR count). The molecule has 0 heterocycles. The third-order valence-electron chi connectivity index (χ3n) is 3.20. The van der Waals surface area contributed by atoms with Gasteiger partial charge in [0, 0.05) is 0 Å². The minimum atomic E-state index is -0.976. The number of carboxylic acids is 1. The Morgan fingerprint density at radius 1 is 1.06 bits per heavy atom. The van der Waals surface area contributed by atoms with Crippen molar-refractivity contribution in [2.75, 3.05) is 0 Å². The van der Waals surface area contributed by atoms with Crippen molar-refractivity contribution < 1.29 is 15.0 Å². The molecular weight excluding hydrogens is 204 g/mol. The number of aliphatic hydroxyl groups excluding tert-OH is 1. The van der Waals surface area contributed by atoms with Crippen LogP contribution in [0.1, 0.15) is 23.1 Å². The van der Waals surface area contributed by atoms with E-state index >= 15 is 0 Å². The molecule has 80 valence electrons. The molecule has 0 aliphatic heterocycles. The third kappa shape index (κ3) is 1.03. The lowest BCUT2D eigenvalue weighted by atomic mass is 9.99. The fourth-order valence-electron chi connectivity index (χ4n) is 2.52. The quantitative estimate of drug-likeness (QED) is 0.763. The zero-order valence-electron chi connectivity index (χ0n) is 8.42. The Kier molecular flexibility index (Phi) is 1.79. The van der Waals surface area contributed by atoms with E-state index in [1.165, 1.54) is 0 Å². The Morgan fingerprint density at radius 3 is 2.31 bits per heavy atom. The van der Waals surface area contributed by atoms with Crippen LogP contribution in [0.15, 0.2) is 36.4 Å². The first-order valence-electron chi connectivity index (χ1n) is 5.12. The molecule has 0 spiro atoms. The fraction of sp³-hybridized carbons (Fsp3) is 0.154. The molecule has 0 unspecified atom stereocenters.